The van der Waals surface area contributed by atoms with E-state index in [1.807, 2.05) is 64.1 Å². The first kappa shape index (κ1) is 16.7. The van der Waals surface area contributed by atoms with Crippen LogP contribution in [0.4, 0.5) is 11.4 Å². The number of benzene rings is 2. The monoisotopic (exact) mass is 310 g/mol. The summed E-state index contributed by atoms with van der Waals surface area (Å²) in [5.74, 6) is -1.32. The Morgan fingerprint density at radius 1 is 0.913 bits per heavy atom. The number of carbonyl (C=O) groups is 2. The van der Waals surface area contributed by atoms with E-state index in [2.05, 4.69) is 10.6 Å². The van der Waals surface area contributed by atoms with Crippen LogP contribution in [0.15, 0.2) is 36.4 Å². The average Bonchev–Trinajstić information content (AvgIpc) is 2.52. The van der Waals surface area contributed by atoms with Crippen molar-refractivity contribution in [1.29, 1.82) is 0 Å². The maximum atomic E-state index is 12.2. The summed E-state index contributed by atoms with van der Waals surface area (Å²) in [6.07, 6.45) is 0.788. The van der Waals surface area contributed by atoms with E-state index in [-0.39, 0.29) is 0 Å². The zero-order valence-corrected chi connectivity index (χ0v) is 14.0. The molecule has 0 aliphatic rings. The van der Waals surface area contributed by atoms with E-state index < -0.39 is 11.8 Å². The Morgan fingerprint density at radius 3 is 2.30 bits per heavy atom. The zero-order chi connectivity index (χ0) is 17.0. The highest BCUT2D eigenvalue weighted by molar-refractivity contribution is 6.43. The van der Waals surface area contributed by atoms with Crippen LogP contribution in [-0.4, -0.2) is 11.8 Å². The highest BCUT2D eigenvalue weighted by atomic mass is 16.2. The Kier molecular flexibility index (Phi) is 5.16. The lowest BCUT2D eigenvalue weighted by molar-refractivity contribution is -0.133. The summed E-state index contributed by atoms with van der Waals surface area (Å²) in [5.41, 5.74) is 5.28. The van der Waals surface area contributed by atoms with E-state index in [0.717, 1.165) is 34.4 Å². The van der Waals surface area contributed by atoms with Gasteiger partial charge in [-0.15, -0.1) is 0 Å². The normalized spacial score (nSPS) is 10.3. The van der Waals surface area contributed by atoms with Crippen molar-refractivity contribution in [2.45, 2.75) is 34.1 Å². The van der Waals surface area contributed by atoms with Crippen LogP contribution in [0.3, 0.4) is 0 Å². The van der Waals surface area contributed by atoms with E-state index in [4.69, 9.17) is 0 Å². The molecule has 23 heavy (non-hydrogen) atoms. The van der Waals surface area contributed by atoms with Crippen LogP contribution in [0.25, 0.3) is 0 Å². The Bertz CT molecular complexity index is 751. The Balaban J connectivity index is 2.15. The maximum Gasteiger partial charge on any atom is 0.314 e. The number of aryl methyl sites for hydroxylation is 4. The third kappa shape index (κ3) is 3.97. The van der Waals surface area contributed by atoms with Crippen LogP contribution in [0.5, 0.6) is 0 Å². The number of hydrogen-bond acceptors (Lipinski definition) is 2. The number of rotatable bonds is 3. The molecule has 0 aliphatic heterocycles. The molecule has 0 atom stereocenters. The van der Waals surface area contributed by atoms with Crippen molar-refractivity contribution in [3.63, 3.8) is 0 Å². The largest absolute Gasteiger partial charge is 0.318 e. The molecular formula is C19H22N2O2. The minimum atomic E-state index is -0.663. The maximum absolute atomic E-state index is 12.2. The van der Waals surface area contributed by atoms with Crippen molar-refractivity contribution in [3.05, 3.63) is 58.7 Å². The standard InChI is InChI=1S/C19H22N2O2/c1-5-15-8-6-7-14(4)17(15)21-19(23)18(22)20-16-11-12(2)9-10-13(16)3/h6-11H,5H2,1-4H3,(H,20,22)(H,21,23). The number of carbonyl (C=O) groups excluding carboxylic acids is 2. The van der Waals surface area contributed by atoms with Crippen molar-refractivity contribution in [1.82, 2.24) is 0 Å². The van der Waals surface area contributed by atoms with Crippen molar-refractivity contribution >= 4 is 23.2 Å². The van der Waals surface area contributed by atoms with Gasteiger partial charge in [0.1, 0.15) is 0 Å². The van der Waals surface area contributed by atoms with E-state index in [1.54, 1.807) is 0 Å². The van der Waals surface area contributed by atoms with E-state index >= 15 is 0 Å². The number of para-hydroxylation sites is 1. The van der Waals surface area contributed by atoms with Gasteiger partial charge >= 0.3 is 11.8 Å². The Hall–Kier alpha value is -2.62. The molecule has 2 amide bonds. The second-order valence-electron chi connectivity index (χ2n) is 5.69. The number of hydrogen-bond donors (Lipinski definition) is 2. The number of anilines is 2. The molecule has 120 valence electrons. The van der Waals surface area contributed by atoms with Gasteiger partial charge in [-0.2, -0.15) is 0 Å². The molecule has 0 aliphatic carbocycles. The number of amides is 2. The quantitative estimate of drug-likeness (QED) is 0.848. The summed E-state index contributed by atoms with van der Waals surface area (Å²) in [4.78, 5) is 24.4. The van der Waals surface area contributed by atoms with Gasteiger partial charge < -0.3 is 10.6 Å². The molecule has 0 heterocycles. The van der Waals surface area contributed by atoms with Gasteiger partial charge in [0.05, 0.1) is 0 Å². The minimum absolute atomic E-state index is 0.657. The summed E-state index contributed by atoms with van der Waals surface area (Å²) >= 11 is 0. The molecule has 4 heteroatoms. The summed E-state index contributed by atoms with van der Waals surface area (Å²) in [5, 5.41) is 5.41. The molecule has 0 unspecified atom stereocenters. The van der Waals surface area contributed by atoms with Gasteiger partial charge in [-0.1, -0.05) is 37.3 Å². The van der Waals surface area contributed by atoms with Crippen LogP contribution in [0.2, 0.25) is 0 Å². The molecule has 0 saturated carbocycles. The fourth-order valence-electron chi connectivity index (χ4n) is 2.42. The van der Waals surface area contributed by atoms with Crippen molar-refractivity contribution in [2.24, 2.45) is 0 Å². The fraction of sp³-hybridized carbons (Fsp3) is 0.263. The lowest BCUT2D eigenvalue weighted by Crippen LogP contribution is -2.30. The first-order valence-corrected chi connectivity index (χ1v) is 7.70. The molecule has 2 N–H and O–H groups in total. The second-order valence-corrected chi connectivity index (χ2v) is 5.69. The van der Waals surface area contributed by atoms with E-state index in [0.29, 0.717) is 5.69 Å². The topological polar surface area (TPSA) is 58.2 Å². The summed E-state index contributed by atoms with van der Waals surface area (Å²) in [7, 11) is 0. The SMILES string of the molecule is CCc1cccc(C)c1NC(=O)C(=O)Nc1cc(C)ccc1C. The molecule has 0 aromatic heterocycles. The van der Waals surface area contributed by atoms with Gasteiger partial charge in [-0.25, -0.2) is 0 Å². The van der Waals surface area contributed by atoms with Gasteiger partial charge in [0, 0.05) is 11.4 Å². The first-order chi connectivity index (χ1) is 10.9. The van der Waals surface area contributed by atoms with Crippen LogP contribution in [-0.2, 0) is 16.0 Å². The predicted molar refractivity (Wildman–Crippen MR) is 93.7 cm³/mol. The van der Waals surface area contributed by atoms with E-state index in [9.17, 15) is 9.59 Å². The molecule has 4 nitrogen and oxygen atoms in total. The Morgan fingerprint density at radius 2 is 1.61 bits per heavy atom. The van der Waals surface area contributed by atoms with E-state index in [1.165, 1.54) is 0 Å². The lowest BCUT2D eigenvalue weighted by Gasteiger charge is -2.13. The molecular weight excluding hydrogens is 288 g/mol. The average molecular weight is 310 g/mol. The van der Waals surface area contributed by atoms with Crippen molar-refractivity contribution < 1.29 is 9.59 Å². The first-order valence-electron chi connectivity index (χ1n) is 7.70. The molecule has 0 saturated heterocycles. The third-order valence-electron chi connectivity index (χ3n) is 3.83. The molecule has 0 spiro atoms. The Labute approximate surface area is 136 Å². The van der Waals surface area contributed by atoms with Crippen LogP contribution in [0.1, 0.15) is 29.2 Å². The molecule has 2 rings (SSSR count). The summed E-state index contributed by atoms with van der Waals surface area (Å²) in [6, 6.07) is 11.5. The van der Waals surface area contributed by atoms with Gasteiger partial charge in [0.2, 0.25) is 0 Å². The van der Waals surface area contributed by atoms with Crippen LogP contribution < -0.4 is 10.6 Å². The van der Waals surface area contributed by atoms with Crippen molar-refractivity contribution in [2.75, 3.05) is 10.6 Å². The highest BCUT2D eigenvalue weighted by Crippen LogP contribution is 2.21. The van der Waals surface area contributed by atoms with Crippen LogP contribution in [0, 0.1) is 20.8 Å². The van der Waals surface area contributed by atoms with Gasteiger partial charge in [-0.3, -0.25) is 9.59 Å². The minimum Gasteiger partial charge on any atom is -0.318 e. The fourth-order valence-corrected chi connectivity index (χ4v) is 2.42. The molecule has 0 bridgehead atoms. The molecule has 0 radical (unpaired) electrons. The summed E-state index contributed by atoms with van der Waals surface area (Å²) in [6.45, 7) is 7.76. The summed E-state index contributed by atoms with van der Waals surface area (Å²) < 4.78 is 0. The van der Waals surface area contributed by atoms with Gasteiger partial charge in [-0.05, 0) is 55.5 Å². The highest BCUT2D eigenvalue weighted by Gasteiger charge is 2.17. The van der Waals surface area contributed by atoms with Crippen molar-refractivity contribution in [3.8, 4) is 0 Å². The lowest BCUT2D eigenvalue weighted by atomic mass is 10.1. The third-order valence-corrected chi connectivity index (χ3v) is 3.83. The molecule has 0 fully saturated rings. The van der Waals surface area contributed by atoms with Crippen LogP contribution >= 0.6 is 0 Å². The van der Waals surface area contributed by atoms with Gasteiger partial charge in [0.15, 0.2) is 0 Å². The molecule has 2 aromatic carbocycles. The molecule has 2 aromatic rings. The second kappa shape index (κ2) is 7.09. The predicted octanol–water partition coefficient (Wildman–Crippen LogP) is 3.75. The smallest absolute Gasteiger partial charge is 0.314 e. The van der Waals surface area contributed by atoms with Gasteiger partial charge in [0.25, 0.3) is 0 Å². The number of nitrogens with one attached hydrogen (secondary N) is 2. The zero-order valence-electron chi connectivity index (χ0n) is 14.0.